The highest BCUT2D eigenvalue weighted by Gasteiger charge is 2.40. The van der Waals surface area contributed by atoms with Crippen LogP contribution in [0.25, 0.3) is 0 Å². The summed E-state index contributed by atoms with van der Waals surface area (Å²) in [5.74, 6) is -1.88. The number of nitrogens with zero attached hydrogens (tertiary/aromatic N) is 5. The first-order valence-electron chi connectivity index (χ1n) is 11.4. The Hall–Kier alpha value is -3.54. The van der Waals surface area contributed by atoms with Gasteiger partial charge in [0, 0.05) is 37.5 Å². The van der Waals surface area contributed by atoms with Gasteiger partial charge >= 0.3 is 0 Å². The van der Waals surface area contributed by atoms with Crippen LogP contribution in [0.15, 0.2) is 29.8 Å². The number of hydrogen-bond donors (Lipinski definition) is 2. The predicted molar refractivity (Wildman–Crippen MR) is 129 cm³/mol. The van der Waals surface area contributed by atoms with Crippen LogP contribution >= 0.6 is 11.3 Å². The number of amides is 2. The van der Waals surface area contributed by atoms with Crippen LogP contribution in [0, 0.1) is 11.6 Å². The van der Waals surface area contributed by atoms with Crippen molar-refractivity contribution in [2.45, 2.75) is 37.6 Å². The van der Waals surface area contributed by atoms with Gasteiger partial charge in [-0.15, -0.1) is 11.3 Å². The van der Waals surface area contributed by atoms with Crippen LogP contribution in [0.4, 0.5) is 31.1 Å². The van der Waals surface area contributed by atoms with Crippen molar-refractivity contribution >= 4 is 45.5 Å². The zero-order valence-electron chi connectivity index (χ0n) is 19.1. The Morgan fingerprint density at radius 2 is 2.00 bits per heavy atom. The number of nitrogen functional groups attached to an aromatic ring is 1. The van der Waals surface area contributed by atoms with E-state index in [0.29, 0.717) is 31.7 Å². The summed E-state index contributed by atoms with van der Waals surface area (Å²) in [6.07, 6.45) is 5.08. The molecule has 0 radical (unpaired) electrons. The zero-order valence-corrected chi connectivity index (χ0v) is 19.9. The second-order valence-electron chi connectivity index (χ2n) is 8.93. The van der Waals surface area contributed by atoms with Crippen molar-refractivity contribution < 1.29 is 18.4 Å². The number of anilines is 4. The van der Waals surface area contributed by atoms with Gasteiger partial charge in [-0.3, -0.25) is 19.2 Å². The van der Waals surface area contributed by atoms with Crippen LogP contribution in [-0.2, 0) is 11.8 Å². The van der Waals surface area contributed by atoms with E-state index >= 15 is 0 Å². The number of thiazole rings is 1. The number of aryl methyl sites for hydroxylation is 1. The molecule has 2 saturated heterocycles. The van der Waals surface area contributed by atoms with E-state index in [4.69, 9.17) is 5.73 Å². The Balaban J connectivity index is 1.57. The molecule has 3 N–H and O–H groups in total. The monoisotopic (exact) mass is 501 g/mol. The van der Waals surface area contributed by atoms with E-state index in [1.54, 1.807) is 11.7 Å². The smallest absolute Gasteiger partial charge is 0.282 e. The molecule has 35 heavy (non-hydrogen) atoms. The molecule has 0 aliphatic carbocycles. The van der Waals surface area contributed by atoms with E-state index in [2.05, 4.69) is 20.3 Å². The van der Waals surface area contributed by atoms with Crippen LogP contribution in [0.5, 0.6) is 0 Å². The third-order valence-electron chi connectivity index (χ3n) is 6.71. The number of nitrogens with one attached hydrogen (secondary N) is 1. The molecule has 4 heterocycles. The fraction of sp³-hybridized carbons (Fsp3) is 0.391. The molecule has 2 aromatic heterocycles. The van der Waals surface area contributed by atoms with Crippen molar-refractivity contribution in [3.05, 3.63) is 47.1 Å². The average Bonchev–Trinajstić information content (AvgIpc) is 3.48. The van der Waals surface area contributed by atoms with Crippen LogP contribution in [-0.4, -0.2) is 45.2 Å². The van der Waals surface area contributed by atoms with Gasteiger partial charge in [0.05, 0.1) is 6.20 Å². The van der Waals surface area contributed by atoms with Crippen LogP contribution in [0.3, 0.4) is 0 Å². The number of benzene rings is 1. The lowest BCUT2D eigenvalue weighted by atomic mass is 9.89. The molecule has 1 aromatic carbocycles. The minimum absolute atomic E-state index is 0.0200. The normalized spacial score (nSPS) is 20.2. The SMILES string of the molecule is Cn1ncc(N(C(=O)c2csc(N)n2)c2c(F)cccc2F)c1N1CCC[C@@]2(CCC(=O)N2)CC1. The minimum Gasteiger partial charge on any atom is -0.375 e. The maximum Gasteiger partial charge on any atom is 0.282 e. The van der Waals surface area contributed by atoms with Gasteiger partial charge in [0.1, 0.15) is 28.7 Å². The van der Waals surface area contributed by atoms with Crippen molar-refractivity contribution in [1.29, 1.82) is 0 Å². The lowest BCUT2D eigenvalue weighted by Gasteiger charge is -2.30. The van der Waals surface area contributed by atoms with Crippen molar-refractivity contribution in [3.63, 3.8) is 0 Å². The number of para-hydroxylation sites is 1. The van der Waals surface area contributed by atoms with E-state index in [0.717, 1.165) is 47.6 Å². The maximum atomic E-state index is 15.0. The number of aromatic nitrogens is 3. The van der Waals surface area contributed by atoms with Crippen LogP contribution in [0.2, 0.25) is 0 Å². The molecule has 0 saturated carbocycles. The first kappa shape index (κ1) is 23.2. The first-order chi connectivity index (χ1) is 16.8. The van der Waals surface area contributed by atoms with Crippen LogP contribution in [0.1, 0.15) is 42.6 Å². The molecule has 2 amide bonds. The molecule has 9 nitrogen and oxygen atoms in total. The molecule has 1 spiro atoms. The molecule has 2 aliphatic heterocycles. The summed E-state index contributed by atoms with van der Waals surface area (Å²) < 4.78 is 31.6. The quantitative estimate of drug-likeness (QED) is 0.568. The van der Waals surface area contributed by atoms with Gasteiger partial charge in [-0.25, -0.2) is 13.8 Å². The maximum absolute atomic E-state index is 15.0. The van der Waals surface area contributed by atoms with Gasteiger partial charge in [0.25, 0.3) is 5.91 Å². The summed E-state index contributed by atoms with van der Waals surface area (Å²) in [6, 6.07) is 3.44. The van der Waals surface area contributed by atoms with E-state index in [1.807, 2.05) is 0 Å². The molecule has 0 unspecified atom stereocenters. The topological polar surface area (TPSA) is 109 Å². The van der Waals surface area contributed by atoms with Gasteiger partial charge in [0.15, 0.2) is 10.9 Å². The van der Waals surface area contributed by atoms with Gasteiger partial charge in [-0.1, -0.05) is 6.07 Å². The highest BCUT2D eigenvalue weighted by atomic mass is 32.1. The van der Waals surface area contributed by atoms with Gasteiger partial charge in [-0.05, 0) is 37.8 Å². The summed E-state index contributed by atoms with van der Waals surface area (Å²) in [6.45, 7) is 1.22. The van der Waals surface area contributed by atoms with E-state index in [1.165, 1.54) is 17.6 Å². The Morgan fingerprint density at radius 3 is 2.66 bits per heavy atom. The van der Waals surface area contributed by atoms with Crippen molar-refractivity contribution in [2.75, 3.05) is 28.6 Å². The highest BCUT2D eigenvalue weighted by Crippen LogP contribution is 2.40. The number of rotatable bonds is 4. The minimum atomic E-state index is -0.889. The second kappa shape index (κ2) is 8.91. The molecule has 2 aliphatic rings. The summed E-state index contributed by atoms with van der Waals surface area (Å²) in [5.41, 5.74) is 5.19. The molecule has 12 heteroatoms. The van der Waals surface area contributed by atoms with E-state index in [9.17, 15) is 18.4 Å². The zero-order chi connectivity index (χ0) is 24.7. The molecule has 5 rings (SSSR count). The third-order valence-corrected chi connectivity index (χ3v) is 7.39. The summed E-state index contributed by atoms with van der Waals surface area (Å²) in [5, 5.41) is 9.10. The fourth-order valence-corrected chi connectivity index (χ4v) is 5.57. The number of halogens is 2. The van der Waals surface area contributed by atoms with Gasteiger partial charge < -0.3 is 16.0 Å². The lowest BCUT2D eigenvalue weighted by Crippen LogP contribution is -2.42. The highest BCUT2D eigenvalue weighted by molar-refractivity contribution is 7.13. The molecular formula is C23H25F2N7O2S. The van der Waals surface area contributed by atoms with Crippen molar-refractivity contribution in [2.24, 2.45) is 7.05 Å². The Labute approximate surface area is 204 Å². The number of nitrogens with two attached hydrogens (primary N) is 1. The lowest BCUT2D eigenvalue weighted by molar-refractivity contribution is -0.119. The molecule has 1 atom stereocenters. The average molecular weight is 502 g/mol. The summed E-state index contributed by atoms with van der Waals surface area (Å²) in [4.78, 5) is 32.6. The molecular weight excluding hydrogens is 476 g/mol. The van der Waals surface area contributed by atoms with Gasteiger partial charge in [0.2, 0.25) is 5.91 Å². The number of carbonyl (C=O) groups excluding carboxylic acids is 2. The standard InChI is InChI=1S/C23H25F2N7O2S/c1-30-20(31-10-3-7-23(9-11-31)8-6-18(33)29-23)17(12-27-30)32(19-14(24)4-2-5-15(19)25)21(34)16-13-35-22(26)28-16/h2,4-5,12-13H,3,6-11H2,1H3,(H2,26,28)(H,29,33)/t23-/m1/s1. The first-order valence-corrected chi connectivity index (χ1v) is 12.2. The van der Waals surface area contributed by atoms with Crippen molar-refractivity contribution in [1.82, 2.24) is 20.1 Å². The number of hydrogen-bond acceptors (Lipinski definition) is 7. The summed E-state index contributed by atoms with van der Waals surface area (Å²) in [7, 11) is 1.72. The third kappa shape index (κ3) is 4.22. The van der Waals surface area contributed by atoms with E-state index < -0.39 is 23.2 Å². The number of carbonyl (C=O) groups is 2. The Morgan fingerprint density at radius 1 is 1.23 bits per heavy atom. The molecule has 3 aromatic rings. The van der Waals surface area contributed by atoms with Crippen molar-refractivity contribution in [3.8, 4) is 0 Å². The van der Waals surface area contributed by atoms with Gasteiger partial charge in [-0.2, -0.15) is 5.10 Å². The molecule has 2 fully saturated rings. The summed E-state index contributed by atoms with van der Waals surface area (Å²) >= 11 is 1.07. The Bertz CT molecular complexity index is 1270. The molecule has 0 bridgehead atoms. The predicted octanol–water partition coefficient (Wildman–Crippen LogP) is 3.35. The largest absolute Gasteiger partial charge is 0.375 e. The fourth-order valence-electron chi connectivity index (χ4n) is 5.03. The molecule has 184 valence electrons. The second-order valence-corrected chi connectivity index (χ2v) is 9.82. The Kier molecular flexibility index (Phi) is 5.91. The van der Waals surface area contributed by atoms with Crippen LogP contribution < -0.4 is 20.9 Å². The van der Waals surface area contributed by atoms with E-state index in [-0.39, 0.29) is 28.0 Å².